The number of carboxylic acid groups (broad SMARTS) is 1. The van der Waals surface area contributed by atoms with Crippen LogP contribution in [0.1, 0.15) is 44.0 Å². The molecule has 2 aliphatic heterocycles. The largest absolute Gasteiger partial charge is 0.490 e. The Bertz CT molecular complexity index is 1820. The van der Waals surface area contributed by atoms with E-state index < -0.39 is 45.9 Å². The van der Waals surface area contributed by atoms with Gasteiger partial charge < -0.3 is 35.4 Å². The Morgan fingerprint density at radius 3 is 2.53 bits per heavy atom. The molecule has 3 aromatic heterocycles. The van der Waals surface area contributed by atoms with Gasteiger partial charge in [0.2, 0.25) is 0 Å². The van der Waals surface area contributed by atoms with Crippen molar-refractivity contribution in [3.05, 3.63) is 41.3 Å². The van der Waals surface area contributed by atoms with Crippen molar-refractivity contribution in [3.8, 4) is 5.75 Å². The van der Waals surface area contributed by atoms with Gasteiger partial charge in [-0.15, -0.1) is 15.6 Å². The number of nitrogens with zero attached hydrogens (tertiary/aromatic N) is 5. The smallest absolute Gasteiger partial charge is 0.488 e. The first-order valence-electron chi connectivity index (χ1n) is 14.2. The molecule has 268 valence electrons. The predicted octanol–water partition coefficient (Wildman–Crippen LogP) is 1.11. The van der Waals surface area contributed by atoms with Gasteiger partial charge in [-0.05, 0) is 45.4 Å². The number of hydroxylamine groups is 2. The topological polar surface area (TPSA) is 249 Å². The lowest BCUT2D eigenvalue weighted by atomic mass is 9.84. The van der Waals surface area contributed by atoms with Gasteiger partial charge in [0.1, 0.15) is 29.7 Å². The van der Waals surface area contributed by atoms with Gasteiger partial charge >= 0.3 is 22.5 Å². The quantitative estimate of drug-likeness (QED) is 0.0609. The molecule has 2 saturated heterocycles. The number of carbonyl (C=O) groups excluding carboxylic acids is 2. The number of amides is 2. The van der Waals surface area contributed by atoms with E-state index in [1.807, 2.05) is 22.9 Å². The molecule has 5 rings (SSSR count). The van der Waals surface area contributed by atoms with Gasteiger partial charge in [0.25, 0.3) is 11.8 Å². The van der Waals surface area contributed by atoms with Gasteiger partial charge in [-0.2, -0.15) is 26.7 Å². The summed E-state index contributed by atoms with van der Waals surface area (Å²) >= 11 is 1.07. The van der Waals surface area contributed by atoms with Gasteiger partial charge in [0.15, 0.2) is 17.5 Å². The van der Waals surface area contributed by atoms with E-state index in [0.29, 0.717) is 16.7 Å². The minimum absolute atomic E-state index is 0.0266. The van der Waals surface area contributed by atoms with E-state index in [1.54, 1.807) is 6.07 Å². The minimum Gasteiger partial charge on any atom is -0.488 e. The number of hydrogen-bond acceptors (Lipinski definition) is 14. The number of pyridine rings is 1. The molecule has 0 saturated carbocycles. The molecule has 2 aliphatic rings. The highest BCUT2D eigenvalue weighted by Gasteiger charge is 2.58. The zero-order chi connectivity index (χ0) is 36.1. The number of aliphatic carboxylic acids is 1. The molecular formula is C26H31F3N8O10S2. The predicted molar refractivity (Wildman–Crippen MR) is 164 cm³/mol. The fourth-order valence-electron chi connectivity index (χ4n) is 4.70. The number of carbonyl (C=O) groups is 3. The van der Waals surface area contributed by atoms with Crippen LogP contribution in [0.3, 0.4) is 0 Å². The number of nitrogen functional groups attached to an aromatic ring is 1. The summed E-state index contributed by atoms with van der Waals surface area (Å²) in [5.74, 6) is -3.50. The first-order chi connectivity index (χ1) is 22.9. The number of β-lactam (4-membered cyclic amide) rings is 1. The van der Waals surface area contributed by atoms with Crippen molar-refractivity contribution in [1.82, 2.24) is 30.1 Å². The molecule has 2 fully saturated rings. The van der Waals surface area contributed by atoms with Crippen LogP contribution in [0.4, 0.5) is 18.3 Å². The molecular weight excluding hydrogens is 705 g/mol. The number of imidazole rings is 1. The van der Waals surface area contributed by atoms with Crippen LogP contribution in [-0.4, -0.2) is 105 Å². The van der Waals surface area contributed by atoms with Crippen molar-refractivity contribution < 1.29 is 59.5 Å². The molecule has 23 heteroatoms. The summed E-state index contributed by atoms with van der Waals surface area (Å²) in [6, 6.07) is 2.48. The number of nitrogens with one attached hydrogen (secondary N) is 2. The van der Waals surface area contributed by atoms with E-state index in [4.69, 9.17) is 34.7 Å². The van der Waals surface area contributed by atoms with Gasteiger partial charge in [-0.1, -0.05) is 5.16 Å². The second kappa shape index (κ2) is 14.9. The molecule has 18 nitrogen and oxygen atoms in total. The fraction of sp³-hybridized carbons (Fsp3) is 0.462. The number of carboxylic acids is 1. The standard InChI is InChI=1S/C24H30N8O8S2.C2HF3O2/c1-24(2)20(22(34)32(24)40-42(35,36)37)29-21(33)19(17-13-41-23(25)28-17)30-39-9-8-38-15-5-6-18-27-16(12-31(18)11-15)14-4-3-7-26-10-14;3-2(4,5)1(6)7/h5-6,11-14,20,26H,3-4,7-10H2,1-2H3,(H2,25,28)(H,29,33)(H,35,36,37);(H,6,7). The third-order valence-electron chi connectivity index (χ3n) is 7.10. The van der Waals surface area contributed by atoms with Crippen LogP contribution in [0.25, 0.3) is 5.65 Å². The summed E-state index contributed by atoms with van der Waals surface area (Å²) in [6.45, 7) is 4.89. The SMILES string of the molecule is CC1(C)C(NC(=O)C(=NOCCOc2ccc3nc(C4CCCNC4)cn3c2)c2csc(N)n2)C(=O)N1OS(=O)(=O)O.O=C(O)C(F)(F)F. The van der Waals surface area contributed by atoms with Crippen molar-refractivity contribution in [2.24, 2.45) is 5.16 Å². The van der Waals surface area contributed by atoms with Crippen LogP contribution in [0.5, 0.6) is 5.75 Å². The molecule has 6 N–H and O–H groups in total. The first kappa shape index (κ1) is 37.2. The van der Waals surface area contributed by atoms with E-state index in [-0.39, 0.29) is 29.8 Å². The number of piperidine rings is 1. The number of ether oxygens (including phenoxy) is 1. The summed E-state index contributed by atoms with van der Waals surface area (Å²) in [5, 5.41) is 19.0. The highest BCUT2D eigenvalue weighted by molar-refractivity contribution is 7.80. The second-order valence-corrected chi connectivity index (χ2v) is 12.9. The Morgan fingerprint density at radius 2 is 1.96 bits per heavy atom. The number of oxime groups is 1. The number of rotatable bonds is 11. The number of nitrogens with two attached hydrogens (primary N) is 1. The maximum atomic E-state index is 13.1. The molecule has 2 atom stereocenters. The highest BCUT2D eigenvalue weighted by Crippen LogP contribution is 2.33. The molecule has 0 aliphatic carbocycles. The molecule has 0 bridgehead atoms. The number of thiazole rings is 1. The van der Waals surface area contributed by atoms with Gasteiger partial charge in [0.05, 0.1) is 17.4 Å². The summed E-state index contributed by atoms with van der Waals surface area (Å²) in [6.07, 6.45) is 0.971. The van der Waals surface area contributed by atoms with E-state index in [2.05, 4.69) is 25.1 Å². The monoisotopic (exact) mass is 736 g/mol. The lowest BCUT2D eigenvalue weighted by Crippen LogP contribution is -2.76. The number of fused-ring (bicyclic) bond motifs is 1. The van der Waals surface area contributed by atoms with Crippen LogP contribution in [0.15, 0.2) is 35.1 Å². The lowest BCUT2D eigenvalue weighted by Gasteiger charge is -2.50. The zero-order valence-corrected chi connectivity index (χ0v) is 27.3. The Morgan fingerprint density at radius 1 is 1.24 bits per heavy atom. The van der Waals surface area contributed by atoms with Crippen molar-refractivity contribution in [2.75, 3.05) is 32.0 Å². The molecule has 3 aromatic rings. The maximum Gasteiger partial charge on any atom is 0.490 e. The van der Waals surface area contributed by atoms with Crippen LogP contribution in [-0.2, 0) is 33.9 Å². The number of hydrogen-bond donors (Lipinski definition) is 5. The lowest BCUT2D eigenvalue weighted by molar-refractivity contribution is -0.218. The zero-order valence-electron chi connectivity index (χ0n) is 25.7. The van der Waals surface area contributed by atoms with Crippen molar-refractivity contribution in [2.45, 2.75) is 50.4 Å². The van der Waals surface area contributed by atoms with Crippen LogP contribution >= 0.6 is 11.3 Å². The van der Waals surface area contributed by atoms with E-state index in [0.717, 1.165) is 48.6 Å². The number of anilines is 1. The Labute approximate surface area is 279 Å². The molecule has 49 heavy (non-hydrogen) atoms. The van der Waals surface area contributed by atoms with Gasteiger partial charge in [-0.25, -0.2) is 14.8 Å². The van der Waals surface area contributed by atoms with E-state index in [1.165, 1.54) is 19.2 Å². The van der Waals surface area contributed by atoms with Crippen molar-refractivity contribution in [1.29, 1.82) is 0 Å². The van der Waals surface area contributed by atoms with E-state index >= 15 is 0 Å². The molecule has 0 aromatic carbocycles. The Kier molecular flexibility index (Phi) is 11.3. The Hall–Kier alpha value is -4.58. The van der Waals surface area contributed by atoms with Crippen LogP contribution in [0, 0.1) is 0 Å². The molecule has 2 unspecified atom stereocenters. The maximum absolute atomic E-state index is 13.1. The number of alkyl halides is 3. The summed E-state index contributed by atoms with van der Waals surface area (Å²) in [7, 11) is -4.94. The normalized spacial score (nSPS) is 19.4. The summed E-state index contributed by atoms with van der Waals surface area (Å²) in [4.78, 5) is 48.5. The van der Waals surface area contributed by atoms with Crippen molar-refractivity contribution >= 4 is 56.0 Å². The van der Waals surface area contributed by atoms with E-state index in [9.17, 15) is 31.2 Å². The van der Waals surface area contributed by atoms with Crippen molar-refractivity contribution in [3.63, 3.8) is 0 Å². The second-order valence-electron chi connectivity index (χ2n) is 11.0. The molecule has 2 amide bonds. The third kappa shape index (κ3) is 9.53. The number of aromatic nitrogens is 3. The molecule has 0 spiro atoms. The summed E-state index contributed by atoms with van der Waals surface area (Å²) < 4.78 is 74.8. The third-order valence-corrected chi connectivity index (χ3v) is 8.11. The molecule has 0 radical (unpaired) electrons. The van der Waals surface area contributed by atoms with Crippen LogP contribution < -0.4 is 21.1 Å². The highest BCUT2D eigenvalue weighted by atomic mass is 32.3. The summed E-state index contributed by atoms with van der Waals surface area (Å²) in [5.41, 5.74) is 6.12. The van der Waals surface area contributed by atoms with Crippen LogP contribution in [0.2, 0.25) is 0 Å². The Balaban J connectivity index is 0.000000698. The average Bonchev–Trinajstić information content (AvgIpc) is 3.66. The van der Waals surface area contributed by atoms with Gasteiger partial charge in [-0.3, -0.25) is 14.1 Å². The number of halogens is 3. The average molecular weight is 737 g/mol. The van der Waals surface area contributed by atoms with Gasteiger partial charge in [0, 0.05) is 24.0 Å². The fourth-order valence-corrected chi connectivity index (χ4v) is 5.71. The first-order valence-corrected chi connectivity index (χ1v) is 16.5. The molecule has 5 heterocycles. The minimum atomic E-state index is -5.08.